The van der Waals surface area contributed by atoms with Crippen LogP contribution in [0.2, 0.25) is 0 Å². The molecule has 84 heavy (non-hydrogen) atoms. The molecule has 0 aromatic rings. The van der Waals surface area contributed by atoms with Crippen LogP contribution in [0.3, 0.4) is 0 Å². The summed E-state index contributed by atoms with van der Waals surface area (Å²) in [6, 6.07) is 0. The minimum absolute atomic E-state index is 0. The quantitative estimate of drug-likeness (QED) is 0.0296. The Morgan fingerprint density at radius 3 is 1.77 bits per heavy atom. The van der Waals surface area contributed by atoms with Crippen molar-refractivity contribution in [2.24, 2.45) is 34.5 Å². The van der Waals surface area contributed by atoms with Crippen molar-refractivity contribution < 1.29 is 160 Å². The smallest absolute Gasteiger partial charge is 0.726 e. The summed E-state index contributed by atoms with van der Waals surface area (Å²) in [7, 11) is -5.12. The molecular weight excluding hydrogens is 1150 g/mol. The molecule has 0 spiro atoms. The Balaban J connectivity index is 0.00000920. The van der Waals surface area contributed by atoms with Crippen LogP contribution in [0.5, 0.6) is 0 Å². The molecule has 9 aliphatic rings. The fourth-order valence-corrected chi connectivity index (χ4v) is 15.7. The Kier molecular flexibility index (Phi) is 22.2. The van der Waals surface area contributed by atoms with E-state index in [2.05, 4.69) is 19.9 Å². The van der Waals surface area contributed by atoms with Crippen LogP contribution < -0.4 is 29.6 Å². The van der Waals surface area contributed by atoms with Crippen molar-refractivity contribution >= 4 is 10.4 Å². The van der Waals surface area contributed by atoms with Crippen LogP contribution in [0.4, 0.5) is 0 Å². The summed E-state index contributed by atoms with van der Waals surface area (Å²) in [5.41, 5.74) is -0.448. The van der Waals surface area contributed by atoms with E-state index in [1.165, 1.54) is 20.8 Å². The monoisotopic (exact) mass is 1240 g/mol. The van der Waals surface area contributed by atoms with Gasteiger partial charge in [-0.1, -0.05) is 37.1 Å². The first kappa shape index (κ1) is 69.3. The standard InChI is InChI=1S/C55H90O27S.Na/c1-21(2)9-12-34(57)55(8,68)33-11-10-27-26-18-31(29-17-25(82-83(69,70)71)13-15-53(29,6)28(26)14-16-54(27,33)7)77-50-44(67)45(37(60)24(5)76-50)79-52-47(81-49-43(66)41(64)36(59)23(4)75-49)39(62)32(20-73-52)78-51-46(38(61)30(56)19-72-51)80-48-42(65)40(63)35(58)22(3)74-48;/h9,14,22-27,29-52,56-68H,10-13,15-20H2,1-8H3,(H,69,70,71);/q;+1/p-1/t22-,23-,24-,25+,26+,27+,29-,30-,31+,32-,33+,34+,35+,36-,37-,38+,39+,40+,41+,42-,43-,44-,45+,46-,47-,48+,49+,50+,51+,52+,53-,54+,55-;/m1./s1. The van der Waals surface area contributed by atoms with Gasteiger partial charge in [-0.15, -0.1) is 0 Å². The minimum Gasteiger partial charge on any atom is -0.726 e. The van der Waals surface area contributed by atoms with Crippen LogP contribution in [0.15, 0.2) is 23.3 Å². The zero-order valence-corrected chi connectivity index (χ0v) is 51.8. The Hall–Kier alpha value is -0.570. The van der Waals surface area contributed by atoms with Crippen LogP contribution >= 0.6 is 0 Å². The van der Waals surface area contributed by atoms with E-state index in [1.807, 2.05) is 19.9 Å². The molecule has 29 heteroatoms. The van der Waals surface area contributed by atoms with E-state index < -0.39 is 206 Å². The van der Waals surface area contributed by atoms with Gasteiger partial charge in [-0.2, -0.15) is 0 Å². The number of ether oxygens (including phenoxy) is 10. The van der Waals surface area contributed by atoms with Crippen molar-refractivity contribution in [2.75, 3.05) is 13.2 Å². The summed E-state index contributed by atoms with van der Waals surface area (Å²) < 4.78 is 102. The van der Waals surface area contributed by atoms with Gasteiger partial charge in [0.2, 0.25) is 10.4 Å². The molecule has 5 heterocycles. The molecule has 4 aliphatic carbocycles. The Morgan fingerprint density at radius 2 is 1.19 bits per heavy atom. The molecule has 0 amide bonds. The first-order chi connectivity index (χ1) is 38.8. The number of hydrogen-bond acceptors (Lipinski definition) is 27. The SMILES string of the molecule is CC(C)=CC[C@H](O)[C@](C)(O)[C@H]1CC[C@H]2[C@@H]3C[C@H](O[C@@H]4O[C@H](C)[C@@H](O)[C@H](O[C@@H]5OC[C@@H](O[C@@H]6OC[C@@H](O)[C@H](O)[C@H]6O[C@@H]6O[C@H](C)[C@H](O)[C@H](O)[C@H]6O)[C@H](O)[C@H]5O[C@@H]5O[C@H](C)[C@@H](O)[C@H](O)[C@H]5O)[C@H]4O)[C@H]4C[C@@H](OS(=O)(=O)[O-])CC[C@]4(C)C3=CC[C@]12C.[Na+]. The van der Waals surface area contributed by atoms with E-state index >= 15 is 0 Å². The Bertz CT molecular complexity index is 2390. The van der Waals surface area contributed by atoms with Crippen molar-refractivity contribution in [1.82, 2.24) is 0 Å². The molecule has 0 radical (unpaired) electrons. The predicted octanol–water partition coefficient (Wildman–Crippen LogP) is -5.66. The molecule has 5 saturated heterocycles. The number of fused-ring (bicyclic) bond motifs is 5. The van der Waals surface area contributed by atoms with Crippen LogP contribution in [-0.4, -0.2) is 258 Å². The van der Waals surface area contributed by atoms with Gasteiger partial charge in [0.05, 0.1) is 55.4 Å². The largest absolute Gasteiger partial charge is 1.00 e. The summed E-state index contributed by atoms with van der Waals surface area (Å²) in [6.07, 6.45) is -33.5. The average molecular weight is 1240 g/mol. The Labute approximate surface area is 511 Å². The second-order valence-electron chi connectivity index (χ2n) is 25.8. The third-order valence-corrected chi connectivity index (χ3v) is 20.6. The van der Waals surface area contributed by atoms with E-state index in [9.17, 15) is 79.4 Å². The zero-order chi connectivity index (χ0) is 60.7. The second-order valence-corrected chi connectivity index (χ2v) is 26.8. The molecule has 0 aromatic carbocycles. The molecule has 5 aliphatic heterocycles. The molecule has 8 fully saturated rings. The van der Waals surface area contributed by atoms with Gasteiger partial charge < -0.3 is 118 Å². The fourth-order valence-electron chi connectivity index (χ4n) is 15.2. The molecule has 13 N–H and O–H groups in total. The third-order valence-electron chi connectivity index (χ3n) is 20.1. The number of aliphatic hydroxyl groups excluding tert-OH is 12. The minimum atomic E-state index is -5.12. The van der Waals surface area contributed by atoms with E-state index in [0.717, 1.165) is 11.1 Å². The molecule has 3 saturated carbocycles. The second kappa shape index (κ2) is 26.9. The first-order valence-electron chi connectivity index (χ1n) is 29.1. The van der Waals surface area contributed by atoms with Crippen molar-refractivity contribution in [3.8, 4) is 0 Å². The molecule has 0 bridgehead atoms. The van der Waals surface area contributed by atoms with Crippen molar-refractivity contribution in [3.05, 3.63) is 23.3 Å². The van der Waals surface area contributed by atoms with Gasteiger partial charge in [-0.3, -0.25) is 4.18 Å². The fraction of sp³-hybridized carbons (Fsp3) is 0.927. The number of rotatable bonds is 16. The van der Waals surface area contributed by atoms with Crippen molar-refractivity contribution in [3.63, 3.8) is 0 Å². The maximum atomic E-state index is 12.4. The van der Waals surface area contributed by atoms with Crippen molar-refractivity contribution in [2.45, 2.75) is 272 Å². The van der Waals surface area contributed by atoms with Crippen LogP contribution in [0.1, 0.15) is 107 Å². The van der Waals surface area contributed by atoms with Gasteiger partial charge in [0.1, 0.15) is 91.6 Å². The molecule has 33 atom stereocenters. The van der Waals surface area contributed by atoms with Gasteiger partial charge in [0.25, 0.3) is 0 Å². The maximum Gasteiger partial charge on any atom is 1.00 e. The van der Waals surface area contributed by atoms with Gasteiger partial charge in [0, 0.05) is 0 Å². The van der Waals surface area contributed by atoms with E-state index in [1.54, 1.807) is 6.92 Å². The van der Waals surface area contributed by atoms with Crippen LogP contribution in [-0.2, 0) is 62.0 Å². The normalized spacial score (nSPS) is 51.0. The van der Waals surface area contributed by atoms with Crippen LogP contribution in [0.25, 0.3) is 0 Å². The Morgan fingerprint density at radius 1 is 0.667 bits per heavy atom. The summed E-state index contributed by atoms with van der Waals surface area (Å²) in [6.45, 7) is 12.9. The summed E-state index contributed by atoms with van der Waals surface area (Å²) in [5, 5.41) is 146. The van der Waals surface area contributed by atoms with Gasteiger partial charge in [-0.05, 0) is 127 Å². The maximum absolute atomic E-state index is 12.4. The predicted molar refractivity (Wildman–Crippen MR) is 279 cm³/mol. The average Bonchev–Trinajstić information content (AvgIpc) is 1.54. The summed E-state index contributed by atoms with van der Waals surface area (Å²) >= 11 is 0. The number of allylic oxidation sites excluding steroid dienone is 3. The summed E-state index contributed by atoms with van der Waals surface area (Å²) in [4.78, 5) is 0. The topological polar surface area (TPSA) is 422 Å². The molecule has 0 unspecified atom stereocenters. The molecular formula is C55H89NaO27S. The van der Waals surface area contributed by atoms with Gasteiger partial charge >= 0.3 is 29.6 Å². The first-order valence-corrected chi connectivity index (χ1v) is 30.4. The third kappa shape index (κ3) is 13.7. The molecule has 478 valence electrons. The van der Waals surface area contributed by atoms with Crippen LogP contribution in [0, 0.1) is 34.5 Å². The number of hydrogen-bond donors (Lipinski definition) is 13. The molecule has 9 rings (SSSR count). The zero-order valence-electron chi connectivity index (χ0n) is 49.0. The van der Waals surface area contributed by atoms with E-state index in [4.69, 9.17) is 51.6 Å². The summed E-state index contributed by atoms with van der Waals surface area (Å²) in [5.74, 6) is -1.01. The van der Waals surface area contributed by atoms with E-state index in [0.29, 0.717) is 32.1 Å². The molecule has 0 aromatic heterocycles. The van der Waals surface area contributed by atoms with Gasteiger partial charge in [0.15, 0.2) is 31.5 Å². The van der Waals surface area contributed by atoms with Gasteiger partial charge in [-0.25, -0.2) is 8.42 Å². The van der Waals surface area contributed by atoms with Crippen molar-refractivity contribution in [1.29, 1.82) is 0 Å². The van der Waals surface area contributed by atoms with E-state index in [-0.39, 0.29) is 66.6 Å². The number of aliphatic hydroxyl groups is 13. The molecule has 27 nitrogen and oxygen atoms in total.